The van der Waals surface area contributed by atoms with Crippen LogP contribution in [0.15, 0.2) is 60.7 Å². The minimum Gasteiger partial charge on any atom is -0.353 e. The summed E-state index contributed by atoms with van der Waals surface area (Å²) in [6.07, 6.45) is 4.81. The van der Waals surface area contributed by atoms with Crippen molar-refractivity contribution in [2.75, 3.05) is 18.1 Å². The lowest BCUT2D eigenvalue weighted by atomic mass is 9.91. The third-order valence-electron chi connectivity index (χ3n) is 5.24. The van der Waals surface area contributed by atoms with E-state index in [9.17, 15) is 9.59 Å². The van der Waals surface area contributed by atoms with Crippen LogP contribution in [0.2, 0.25) is 0 Å². The number of carbonyl (C=O) groups excluding carboxylic acids is 2. The topological polar surface area (TPSA) is 58.2 Å². The van der Waals surface area contributed by atoms with Gasteiger partial charge in [-0.2, -0.15) is 0 Å². The molecule has 2 amide bonds. The molecule has 0 aromatic heterocycles. The number of nitrogens with one attached hydrogen (secondary N) is 2. The minimum atomic E-state index is -0.498. The van der Waals surface area contributed by atoms with Crippen LogP contribution in [0.25, 0.3) is 0 Å². The van der Waals surface area contributed by atoms with Gasteiger partial charge in [0.15, 0.2) is 0 Å². The summed E-state index contributed by atoms with van der Waals surface area (Å²) in [7, 11) is 3.47. The normalized spacial score (nSPS) is 18.7. The van der Waals surface area contributed by atoms with E-state index in [1.54, 1.807) is 21.6 Å². The van der Waals surface area contributed by atoms with Gasteiger partial charge in [-0.1, -0.05) is 95.1 Å². The molecule has 0 unspecified atom stereocenters. The molecule has 0 bridgehead atoms. The van der Waals surface area contributed by atoms with Crippen LogP contribution >= 0.6 is 21.6 Å². The van der Waals surface area contributed by atoms with Crippen LogP contribution in [0.1, 0.15) is 49.1 Å². The van der Waals surface area contributed by atoms with E-state index < -0.39 is 6.04 Å². The molecule has 30 heavy (non-hydrogen) atoms. The van der Waals surface area contributed by atoms with Crippen LogP contribution in [0.5, 0.6) is 0 Å². The molecule has 6 heteroatoms. The lowest BCUT2D eigenvalue weighted by Gasteiger charge is -2.22. The Morgan fingerprint density at radius 2 is 1.57 bits per heavy atom. The summed E-state index contributed by atoms with van der Waals surface area (Å²) in [6.45, 7) is 0.497. The van der Waals surface area contributed by atoms with Crippen molar-refractivity contribution < 1.29 is 9.59 Å². The maximum atomic E-state index is 13.0. The van der Waals surface area contributed by atoms with Gasteiger partial charge in [-0.25, -0.2) is 0 Å². The third kappa shape index (κ3) is 7.40. The first-order chi connectivity index (χ1) is 14.7. The van der Waals surface area contributed by atoms with Crippen LogP contribution in [0.4, 0.5) is 0 Å². The Kier molecular flexibility index (Phi) is 9.64. The third-order valence-corrected chi connectivity index (χ3v) is 7.74. The van der Waals surface area contributed by atoms with Gasteiger partial charge in [0.1, 0.15) is 6.04 Å². The van der Waals surface area contributed by atoms with E-state index in [0.29, 0.717) is 18.7 Å². The van der Waals surface area contributed by atoms with Crippen LogP contribution in [-0.2, 0) is 9.59 Å². The fourth-order valence-corrected chi connectivity index (χ4v) is 5.86. The zero-order chi connectivity index (χ0) is 21.0. The number of carbonyl (C=O) groups is 2. The van der Waals surface area contributed by atoms with E-state index in [4.69, 9.17) is 0 Å². The molecule has 3 rings (SSSR count). The molecule has 1 heterocycles. The average molecular weight is 443 g/mol. The second-order valence-corrected chi connectivity index (χ2v) is 10.1. The van der Waals surface area contributed by atoms with Crippen LogP contribution in [0.3, 0.4) is 0 Å². The van der Waals surface area contributed by atoms with Crippen LogP contribution in [-0.4, -0.2) is 35.9 Å². The van der Waals surface area contributed by atoms with Gasteiger partial charge in [-0.15, -0.1) is 0 Å². The quantitative estimate of drug-likeness (QED) is 0.655. The Bertz CT molecular complexity index is 747. The van der Waals surface area contributed by atoms with Crippen molar-refractivity contribution in [2.24, 2.45) is 0 Å². The lowest BCUT2D eigenvalue weighted by Crippen LogP contribution is -2.49. The molecule has 1 atom stereocenters. The molecule has 2 aromatic carbocycles. The Morgan fingerprint density at radius 3 is 2.23 bits per heavy atom. The number of benzene rings is 2. The molecule has 160 valence electrons. The monoisotopic (exact) mass is 442 g/mol. The highest BCUT2D eigenvalue weighted by Crippen LogP contribution is 2.26. The summed E-state index contributed by atoms with van der Waals surface area (Å²) in [6, 6.07) is 20.0. The first-order valence-electron chi connectivity index (χ1n) is 10.7. The predicted octanol–water partition coefficient (Wildman–Crippen LogP) is 4.77. The Hall–Kier alpha value is -1.92. The second kappa shape index (κ2) is 12.7. The summed E-state index contributed by atoms with van der Waals surface area (Å²) < 4.78 is 0. The van der Waals surface area contributed by atoms with E-state index in [2.05, 4.69) is 34.9 Å². The van der Waals surface area contributed by atoms with Crippen molar-refractivity contribution in [1.29, 1.82) is 0 Å². The lowest BCUT2D eigenvalue weighted by molar-refractivity contribution is -0.128. The molecule has 1 fully saturated rings. The predicted molar refractivity (Wildman–Crippen MR) is 128 cm³/mol. The highest BCUT2D eigenvalue weighted by molar-refractivity contribution is 8.76. The highest BCUT2D eigenvalue weighted by Gasteiger charge is 2.23. The summed E-state index contributed by atoms with van der Waals surface area (Å²) in [4.78, 5) is 25.3. The molecule has 0 radical (unpaired) electrons. The molecule has 2 aromatic rings. The fourth-order valence-electron chi connectivity index (χ4n) is 3.55. The largest absolute Gasteiger partial charge is 0.353 e. The molecule has 1 aliphatic rings. The summed E-state index contributed by atoms with van der Waals surface area (Å²) in [5, 5.41) is 6.06. The zero-order valence-electron chi connectivity index (χ0n) is 17.2. The maximum Gasteiger partial charge on any atom is 0.243 e. The average Bonchev–Trinajstić information content (AvgIpc) is 2.77. The molecular formula is C24H30N2O2S2. The van der Waals surface area contributed by atoms with Crippen LogP contribution in [0, 0.1) is 0 Å². The van der Waals surface area contributed by atoms with E-state index in [0.717, 1.165) is 29.7 Å². The van der Waals surface area contributed by atoms with Crippen molar-refractivity contribution in [3.05, 3.63) is 71.8 Å². The zero-order valence-corrected chi connectivity index (χ0v) is 18.9. The van der Waals surface area contributed by atoms with Gasteiger partial charge in [-0.05, 0) is 24.0 Å². The number of amides is 2. The SMILES string of the molecule is O=C1CCCCCCSSC[C@@H](C(=O)NCC(c2ccccc2)c2ccccc2)N1. The van der Waals surface area contributed by atoms with E-state index in [1.807, 2.05) is 36.4 Å². The molecule has 1 saturated heterocycles. The van der Waals surface area contributed by atoms with Crippen LogP contribution < -0.4 is 10.6 Å². The first kappa shape index (κ1) is 22.8. The van der Waals surface area contributed by atoms with Gasteiger partial charge in [0.25, 0.3) is 0 Å². The first-order valence-corrected chi connectivity index (χ1v) is 13.1. The van der Waals surface area contributed by atoms with E-state index in [-0.39, 0.29) is 17.7 Å². The number of rotatable bonds is 5. The van der Waals surface area contributed by atoms with Crippen molar-refractivity contribution in [2.45, 2.75) is 44.1 Å². The maximum absolute atomic E-state index is 13.0. The second-order valence-electron chi connectivity index (χ2n) is 7.51. The summed E-state index contributed by atoms with van der Waals surface area (Å²) in [5.74, 6) is 1.62. The van der Waals surface area contributed by atoms with E-state index in [1.165, 1.54) is 12.8 Å². The molecule has 0 spiro atoms. The molecule has 2 N–H and O–H groups in total. The number of hydrogen-bond donors (Lipinski definition) is 2. The molecule has 4 nitrogen and oxygen atoms in total. The Balaban J connectivity index is 1.65. The van der Waals surface area contributed by atoms with Gasteiger partial charge in [0, 0.05) is 30.4 Å². The number of hydrogen-bond acceptors (Lipinski definition) is 4. The molecule has 0 saturated carbocycles. The Labute approximate surface area is 187 Å². The molecule has 1 aliphatic heterocycles. The molecular weight excluding hydrogens is 412 g/mol. The standard InChI is InChI=1S/C24H30N2O2S2/c27-23-15-9-1-2-10-16-29-30-18-22(26-23)24(28)25-17-21(19-11-5-3-6-12-19)20-13-7-4-8-14-20/h3-8,11-14,21-22H,1-2,9-10,15-18H2,(H,25,28)(H,26,27)/t22-/m0/s1. The summed E-state index contributed by atoms with van der Waals surface area (Å²) >= 11 is 0. The highest BCUT2D eigenvalue weighted by atomic mass is 33.1. The van der Waals surface area contributed by atoms with Gasteiger partial charge < -0.3 is 10.6 Å². The van der Waals surface area contributed by atoms with Gasteiger partial charge in [0.2, 0.25) is 11.8 Å². The van der Waals surface area contributed by atoms with Crippen molar-refractivity contribution >= 4 is 33.4 Å². The van der Waals surface area contributed by atoms with Crippen molar-refractivity contribution in [1.82, 2.24) is 10.6 Å². The molecule has 0 aliphatic carbocycles. The Morgan fingerprint density at radius 1 is 0.933 bits per heavy atom. The minimum absolute atomic E-state index is 0.0241. The van der Waals surface area contributed by atoms with Crippen molar-refractivity contribution in [3.8, 4) is 0 Å². The van der Waals surface area contributed by atoms with Gasteiger partial charge in [-0.3, -0.25) is 9.59 Å². The van der Waals surface area contributed by atoms with Crippen molar-refractivity contribution in [3.63, 3.8) is 0 Å². The smallest absolute Gasteiger partial charge is 0.243 e. The summed E-state index contributed by atoms with van der Waals surface area (Å²) in [5.41, 5.74) is 2.33. The van der Waals surface area contributed by atoms with E-state index >= 15 is 0 Å². The van der Waals surface area contributed by atoms with Gasteiger partial charge in [0.05, 0.1) is 0 Å². The fraction of sp³-hybridized carbons (Fsp3) is 0.417. The van der Waals surface area contributed by atoms with Gasteiger partial charge >= 0.3 is 0 Å².